The van der Waals surface area contributed by atoms with Crippen LogP contribution in [0, 0.1) is 0 Å². The quantitative estimate of drug-likeness (QED) is 0.487. The molecular weight excluding hydrogens is 224 g/mol. The van der Waals surface area contributed by atoms with Gasteiger partial charge in [-0.05, 0) is 18.4 Å². The summed E-state index contributed by atoms with van der Waals surface area (Å²) in [5, 5.41) is 0. The van der Waals surface area contributed by atoms with Crippen LogP contribution in [0.15, 0.2) is 24.3 Å². The minimum absolute atomic E-state index is 0.0481. The molecule has 0 aliphatic carbocycles. The highest BCUT2D eigenvalue weighted by molar-refractivity contribution is 5.97. The summed E-state index contributed by atoms with van der Waals surface area (Å²) in [6.45, 7) is 2.39. The van der Waals surface area contributed by atoms with Crippen LogP contribution in [0.3, 0.4) is 0 Å². The molecule has 0 amide bonds. The highest BCUT2D eigenvalue weighted by Gasteiger charge is 2.04. The molecule has 2 heteroatoms. The molecule has 0 saturated carbocycles. The summed E-state index contributed by atoms with van der Waals surface area (Å²) in [5.41, 5.74) is 2.06. The van der Waals surface area contributed by atoms with Crippen molar-refractivity contribution in [1.29, 1.82) is 0 Å². The molecule has 1 aromatic rings. The van der Waals surface area contributed by atoms with E-state index in [0.717, 1.165) is 12.0 Å². The van der Waals surface area contributed by atoms with E-state index in [0.29, 0.717) is 0 Å². The maximum Gasteiger partial charge on any atom is 0.188 e. The van der Waals surface area contributed by atoms with Crippen molar-refractivity contribution in [2.75, 3.05) is 13.7 Å². The molecule has 1 rings (SSSR count). The molecule has 100 valence electrons. The molecule has 18 heavy (non-hydrogen) atoms. The molecule has 0 atom stereocenters. The topological polar surface area (TPSA) is 26.3 Å². The lowest BCUT2D eigenvalue weighted by molar-refractivity contribution is 0.0848. The van der Waals surface area contributed by atoms with Crippen LogP contribution >= 0.6 is 0 Å². The van der Waals surface area contributed by atoms with Gasteiger partial charge in [-0.25, -0.2) is 0 Å². The molecule has 0 aliphatic heterocycles. The number of methoxy groups -OCH3 is 1. The molecule has 0 fully saturated rings. The second-order valence-corrected chi connectivity index (χ2v) is 4.72. The van der Waals surface area contributed by atoms with Crippen molar-refractivity contribution >= 4 is 5.78 Å². The summed E-state index contributed by atoms with van der Waals surface area (Å²) in [7, 11) is 1.54. The fourth-order valence-corrected chi connectivity index (χ4v) is 2.00. The van der Waals surface area contributed by atoms with Gasteiger partial charge < -0.3 is 4.74 Å². The number of carbonyl (C=O) groups is 1. The van der Waals surface area contributed by atoms with Crippen LogP contribution in [0.4, 0.5) is 0 Å². The van der Waals surface area contributed by atoms with Crippen LogP contribution in [0.2, 0.25) is 0 Å². The minimum atomic E-state index is 0.0481. The summed E-state index contributed by atoms with van der Waals surface area (Å²) >= 11 is 0. The number of hydrogen-bond donors (Lipinski definition) is 0. The van der Waals surface area contributed by atoms with Crippen molar-refractivity contribution in [3.05, 3.63) is 35.4 Å². The van der Waals surface area contributed by atoms with E-state index in [1.54, 1.807) is 7.11 Å². The molecule has 1 aromatic carbocycles. The fourth-order valence-electron chi connectivity index (χ4n) is 2.00. The number of carbonyl (C=O) groups excluding carboxylic acids is 1. The number of Topliss-reactive ketones (excluding diaryl/α,β-unsaturated/α-hetero) is 1. The Balaban J connectivity index is 2.33. The van der Waals surface area contributed by atoms with Crippen molar-refractivity contribution in [3.63, 3.8) is 0 Å². The number of ketones is 1. The Labute approximate surface area is 110 Å². The Bertz CT molecular complexity index is 341. The lowest BCUT2D eigenvalue weighted by atomic mass is 10.0. The summed E-state index contributed by atoms with van der Waals surface area (Å²) in [6.07, 6.45) is 7.62. The van der Waals surface area contributed by atoms with E-state index in [1.807, 2.05) is 12.1 Å². The summed E-state index contributed by atoms with van der Waals surface area (Å²) in [4.78, 5) is 11.6. The Hall–Kier alpha value is -1.15. The average Bonchev–Trinajstić information content (AvgIpc) is 2.39. The van der Waals surface area contributed by atoms with Gasteiger partial charge in [0.05, 0.1) is 0 Å². The summed E-state index contributed by atoms with van der Waals surface area (Å²) < 4.78 is 4.84. The summed E-state index contributed by atoms with van der Waals surface area (Å²) in [5.74, 6) is 0.0481. The third-order valence-electron chi connectivity index (χ3n) is 3.12. The van der Waals surface area contributed by atoms with Gasteiger partial charge >= 0.3 is 0 Å². The molecule has 0 unspecified atom stereocenters. The van der Waals surface area contributed by atoms with Gasteiger partial charge in [-0.15, -0.1) is 0 Å². The third-order valence-corrected chi connectivity index (χ3v) is 3.12. The van der Waals surface area contributed by atoms with Crippen molar-refractivity contribution < 1.29 is 9.53 Å². The molecule has 0 spiro atoms. The first-order valence-corrected chi connectivity index (χ1v) is 6.89. The predicted molar refractivity (Wildman–Crippen MR) is 75.1 cm³/mol. The standard InChI is InChI=1S/C16H24O2/c1-3-4-5-6-7-8-14-9-11-15(12-10-14)16(17)13-18-2/h9-12H,3-8,13H2,1-2H3. The molecule has 0 saturated heterocycles. The van der Waals surface area contributed by atoms with Gasteiger partial charge in [0, 0.05) is 12.7 Å². The van der Waals surface area contributed by atoms with Gasteiger partial charge in [-0.3, -0.25) is 4.79 Å². The second-order valence-electron chi connectivity index (χ2n) is 4.72. The number of aryl methyl sites for hydroxylation is 1. The molecule has 0 aromatic heterocycles. The van der Waals surface area contributed by atoms with E-state index in [1.165, 1.54) is 37.7 Å². The zero-order valence-electron chi connectivity index (χ0n) is 11.6. The van der Waals surface area contributed by atoms with Crippen LogP contribution in [0.25, 0.3) is 0 Å². The van der Waals surface area contributed by atoms with E-state index in [4.69, 9.17) is 4.74 Å². The van der Waals surface area contributed by atoms with Gasteiger partial charge in [-0.2, -0.15) is 0 Å². The van der Waals surface area contributed by atoms with E-state index in [2.05, 4.69) is 19.1 Å². The van der Waals surface area contributed by atoms with E-state index >= 15 is 0 Å². The van der Waals surface area contributed by atoms with Gasteiger partial charge in [-0.1, -0.05) is 56.9 Å². The first kappa shape index (κ1) is 14.9. The normalized spacial score (nSPS) is 10.6. The van der Waals surface area contributed by atoms with Crippen molar-refractivity contribution in [3.8, 4) is 0 Å². The van der Waals surface area contributed by atoms with E-state index in [9.17, 15) is 4.79 Å². The third kappa shape index (κ3) is 5.46. The predicted octanol–water partition coefficient (Wildman–Crippen LogP) is 4.03. The highest BCUT2D eigenvalue weighted by Crippen LogP contribution is 2.11. The van der Waals surface area contributed by atoms with Crippen LogP contribution < -0.4 is 0 Å². The molecule has 0 heterocycles. The Morgan fingerprint density at radius 3 is 2.33 bits per heavy atom. The molecule has 0 N–H and O–H groups in total. The number of ether oxygens (including phenoxy) is 1. The minimum Gasteiger partial charge on any atom is -0.377 e. The van der Waals surface area contributed by atoms with Crippen LogP contribution in [0.5, 0.6) is 0 Å². The fraction of sp³-hybridized carbons (Fsp3) is 0.562. The number of unbranched alkanes of at least 4 members (excludes halogenated alkanes) is 4. The first-order chi connectivity index (χ1) is 8.77. The second kappa shape index (κ2) is 8.87. The SMILES string of the molecule is CCCCCCCc1ccc(C(=O)COC)cc1. The van der Waals surface area contributed by atoms with Gasteiger partial charge in [0.25, 0.3) is 0 Å². The number of benzene rings is 1. The van der Waals surface area contributed by atoms with Crippen LogP contribution in [-0.2, 0) is 11.2 Å². The smallest absolute Gasteiger partial charge is 0.188 e. The largest absolute Gasteiger partial charge is 0.377 e. The number of rotatable bonds is 9. The maximum atomic E-state index is 11.6. The molecule has 2 nitrogen and oxygen atoms in total. The molecular formula is C16H24O2. The highest BCUT2D eigenvalue weighted by atomic mass is 16.5. The van der Waals surface area contributed by atoms with Crippen molar-refractivity contribution in [2.45, 2.75) is 45.4 Å². The van der Waals surface area contributed by atoms with Gasteiger partial charge in [0.1, 0.15) is 6.61 Å². The van der Waals surface area contributed by atoms with E-state index < -0.39 is 0 Å². The van der Waals surface area contributed by atoms with Gasteiger partial charge in [0.15, 0.2) is 5.78 Å². The Morgan fingerprint density at radius 2 is 1.72 bits per heavy atom. The lowest BCUT2D eigenvalue weighted by Crippen LogP contribution is -2.06. The van der Waals surface area contributed by atoms with E-state index in [-0.39, 0.29) is 12.4 Å². The van der Waals surface area contributed by atoms with Crippen LogP contribution in [-0.4, -0.2) is 19.5 Å². The zero-order valence-corrected chi connectivity index (χ0v) is 11.6. The summed E-state index contributed by atoms with van der Waals surface area (Å²) in [6, 6.07) is 7.93. The van der Waals surface area contributed by atoms with Crippen molar-refractivity contribution in [1.82, 2.24) is 0 Å². The molecule has 0 aliphatic rings. The number of hydrogen-bond acceptors (Lipinski definition) is 2. The first-order valence-electron chi connectivity index (χ1n) is 6.89. The van der Waals surface area contributed by atoms with Gasteiger partial charge in [0.2, 0.25) is 0 Å². The monoisotopic (exact) mass is 248 g/mol. The van der Waals surface area contributed by atoms with Crippen LogP contribution in [0.1, 0.15) is 54.9 Å². The van der Waals surface area contributed by atoms with Crippen molar-refractivity contribution in [2.24, 2.45) is 0 Å². The maximum absolute atomic E-state index is 11.6. The lowest BCUT2D eigenvalue weighted by Gasteiger charge is -2.04. The zero-order chi connectivity index (χ0) is 13.2. The Kier molecular flexibility index (Phi) is 7.35. The Morgan fingerprint density at radius 1 is 1.06 bits per heavy atom. The molecule has 0 radical (unpaired) electrons. The average molecular weight is 248 g/mol. The molecule has 0 bridgehead atoms.